The maximum Gasteiger partial charge on any atom is 0.328 e. The van der Waals surface area contributed by atoms with Gasteiger partial charge in [0, 0.05) is 26.9 Å². The van der Waals surface area contributed by atoms with Crippen molar-refractivity contribution in [3.63, 3.8) is 0 Å². The van der Waals surface area contributed by atoms with Crippen molar-refractivity contribution in [2.75, 3.05) is 0 Å². The molecule has 0 spiro atoms. The van der Waals surface area contributed by atoms with Crippen molar-refractivity contribution < 1.29 is 0 Å². The largest absolute Gasteiger partial charge is 0.328 e. The van der Waals surface area contributed by atoms with E-state index in [0.717, 1.165) is 6.42 Å². The number of aryl methyl sites for hydroxylation is 1. The second-order valence-corrected chi connectivity index (χ2v) is 10.6. The number of H-pyrrole nitrogens is 1. The van der Waals surface area contributed by atoms with Gasteiger partial charge in [0.1, 0.15) is 0 Å². The molecule has 0 bridgehead atoms. The van der Waals surface area contributed by atoms with Gasteiger partial charge in [-0.25, -0.2) is 4.79 Å². The second-order valence-electron chi connectivity index (χ2n) is 4.97. The van der Waals surface area contributed by atoms with Gasteiger partial charge in [-0.1, -0.05) is 25.7 Å². The van der Waals surface area contributed by atoms with Gasteiger partial charge in [-0.2, -0.15) is 0 Å². The van der Waals surface area contributed by atoms with E-state index in [9.17, 15) is 9.59 Å². The van der Waals surface area contributed by atoms with Gasteiger partial charge in [0.15, 0.2) is 0 Å². The zero-order chi connectivity index (χ0) is 11.5. The molecule has 0 atom stereocenters. The molecule has 0 fully saturated rings. The summed E-state index contributed by atoms with van der Waals surface area (Å²) in [6.45, 7) is 7.62. The molecule has 0 radical (unpaired) electrons. The van der Waals surface area contributed by atoms with Gasteiger partial charge in [0.25, 0.3) is 5.56 Å². The molecular weight excluding hydrogens is 208 g/mol. The lowest BCUT2D eigenvalue weighted by Crippen LogP contribution is -2.29. The fraction of sp³-hybridized carbons (Fsp3) is 0.600. The van der Waals surface area contributed by atoms with E-state index >= 15 is 0 Å². The normalized spacial score (nSPS) is 11.7. The molecule has 1 heterocycles. The Hall–Kier alpha value is -1.10. The summed E-state index contributed by atoms with van der Waals surface area (Å²) in [6.07, 6.45) is 2.56. The molecule has 15 heavy (non-hydrogen) atoms. The molecule has 1 aromatic rings. The molecule has 1 N–H and O–H groups in total. The molecule has 0 saturated heterocycles. The van der Waals surface area contributed by atoms with Gasteiger partial charge in [-0.05, 0) is 6.42 Å². The molecule has 5 heteroatoms. The third-order valence-electron chi connectivity index (χ3n) is 2.22. The monoisotopic (exact) mass is 226 g/mol. The van der Waals surface area contributed by atoms with E-state index in [1.165, 1.54) is 12.1 Å². The lowest BCUT2D eigenvalue weighted by Gasteiger charge is -2.15. The maximum atomic E-state index is 11.3. The molecular formula is C10H18N2O2Si. The first kappa shape index (κ1) is 12.0. The van der Waals surface area contributed by atoms with Crippen LogP contribution in [0.2, 0.25) is 25.7 Å². The van der Waals surface area contributed by atoms with Crippen LogP contribution in [0.15, 0.2) is 21.9 Å². The molecule has 0 aliphatic carbocycles. The Labute approximate surface area is 90.0 Å². The van der Waals surface area contributed by atoms with Crippen LogP contribution in [0.25, 0.3) is 0 Å². The topological polar surface area (TPSA) is 54.9 Å². The maximum absolute atomic E-state index is 11.3. The Morgan fingerprint density at radius 2 is 2.00 bits per heavy atom. The first-order valence-electron chi connectivity index (χ1n) is 5.18. The molecule has 84 valence electrons. The van der Waals surface area contributed by atoms with Crippen molar-refractivity contribution in [2.45, 2.75) is 38.7 Å². The summed E-state index contributed by atoms with van der Waals surface area (Å²) in [5, 5.41) is 0. The van der Waals surface area contributed by atoms with E-state index in [0.29, 0.717) is 6.54 Å². The highest BCUT2D eigenvalue weighted by Gasteiger charge is 2.11. The minimum Gasteiger partial charge on any atom is -0.301 e. The zero-order valence-electron chi connectivity index (χ0n) is 9.54. The Kier molecular flexibility index (Phi) is 3.68. The molecule has 0 aromatic carbocycles. The number of aromatic amines is 1. The number of nitrogens with zero attached hydrogens (tertiary/aromatic N) is 1. The van der Waals surface area contributed by atoms with Gasteiger partial charge >= 0.3 is 5.69 Å². The van der Waals surface area contributed by atoms with Crippen LogP contribution < -0.4 is 11.2 Å². The third-order valence-corrected chi connectivity index (χ3v) is 4.08. The highest BCUT2D eigenvalue weighted by atomic mass is 28.3. The first-order chi connectivity index (χ1) is 6.88. The van der Waals surface area contributed by atoms with Gasteiger partial charge in [-0.3, -0.25) is 9.78 Å². The van der Waals surface area contributed by atoms with Gasteiger partial charge in [-0.15, -0.1) is 0 Å². The van der Waals surface area contributed by atoms with Crippen LogP contribution >= 0.6 is 0 Å². The standard InChI is InChI=1S/C10H18N2O2Si/c1-15(2,3)8-4-6-12-7-5-9(13)11-10(12)14/h5,7H,4,6,8H2,1-3H3,(H,11,13,14). The van der Waals surface area contributed by atoms with E-state index in [4.69, 9.17) is 0 Å². The van der Waals surface area contributed by atoms with Crippen LogP contribution in [0, 0.1) is 0 Å². The smallest absolute Gasteiger partial charge is 0.301 e. The van der Waals surface area contributed by atoms with E-state index in [2.05, 4.69) is 24.6 Å². The number of rotatable bonds is 4. The molecule has 0 amide bonds. The Bertz CT molecular complexity index is 428. The Balaban J connectivity index is 2.59. The summed E-state index contributed by atoms with van der Waals surface area (Å²) in [7, 11) is -1.03. The van der Waals surface area contributed by atoms with Crippen LogP contribution in [0.4, 0.5) is 0 Å². The summed E-state index contributed by atoms with van der Waals surface area (Å²) >= 11 is 0. The van der Waals surface area contributed by atoms with Crippen molar-refractivity contribution >= 4 is 8.07 Å². The average molecular weight is 226 g/mol. The van der Waals surface area contributed by atoms with Crippen LogP contribution in [0.5, 0.6) is 0 Å². The molecule has 1 aromatic heterocycles. The van der Waals surface area contributed by atoms with E-state index in [-0.39, 0.29) is 11.2 Å². The highest BCUT2D eigenvalue weighted by Crippen LogP contribution is 2.11. The number of nitrogens with one attached hydrogen (secondary N) is 1. The molecule has 1 rings (SSSR count). The van der Waals surface area contributed by atoms with Crippen LogP contribution in [-0.4, -0.2) is 17.6 Å². The number of hydrogen-bond donors (Lipinski definition) is 1. The quantitative estimate of drug-likeness (QED) is 0.786. The first-order valence-corrected chi connectivity index (χ1v) is 8.89. The predicted molar refractivity (Wildman–Crippen MR) is 64.1 cm³/mol. The zero-order valence-corrected chi connectivity index (χ0v) is 10.5. The number of hydrogen-bond acceptors (Lipinski definition) is 2. The van der Waals surface area contributed by atoms with Crippen LogP contribution in [0.3, 0.4) is 0 Å². The molecule has 0 saturated carbocycles. The average Bonchev–Trinajstić information content (AvgIpc) is 2.07. The van der Waals surface area contributed by atoms with Crippen molar-refractivity contribution in [1.82, 2.24) is 9.55 Å². The Morgan fingerprint density at radius 3 is 2.53 bits per heavy atom. The summed E-state index contributed by atoms with van der Waals surface area (Å²) in [5.41, 5.74) is -0.639. The molecule has 0 aliphatic heterocycles. The molecule has 4 nitrogen and oxygen atoms in total. The number of aromatic nitrogens is 2. The molecule has 0 unspecified atom stereocenters. The summed E-state index contributed by atoms with van der Waals surface area (Å²) in [6, 6.07) is 2.58. The summed E-state index contributed by atoms with van der Waals surface area (Å²) < 4.78 is 1.56. The highest BCUT2D eigenvalue weighted by molar-refractivity contribution is 6.76. The SMILES string of the molecule is C[Si](C)(C)CCCn1ccc(=O)[nH]c1=O. The Morgan fingerprint density at radius 1 is 1.33 bits per heavy atom. The minimum atomic E-state index is -1.03. The summed E-state index contributed by atoms with van der Waals surface area (Å²) in [5.74, 6) is 0. The van der Waals surface area contributed by atoms with Gasteiger partial charge < -0.3 is 4.57 Å². The lowest BCUT2D eigenvalue weighted by atomic mass is 10.4. The van der Waals surface area contributed by atoms with Gasteiger partial charge in [0.2, 0.25) is 0 Å². The van der Waals surface area contributed by atoms with Gasteiger partial charge in [0.05, 0.1) is 0 Å². The van der Waals surface area contributed by atoms with Crippen molar-refractivity contribution in [3.8, 4) is 0 Å². The second kappa shape index (κ2) is 4.61. The summed E-state index contributed by atoms with van der Waals surface area (Å²) in [4.78, 5) is 24.4. The molecule has 0 aliphatic rings. The van der Waals surface area contributed by atoms with Crippen molar-refractivity contribution in [2.24, 2.45) is 0 Å². The van der Waals surface area contributed by atoms with E-state index in [1.54, 1.807) is 10.8 Å². The van der Waals surface area contributed by atoms with Crippen LogP contribution in [0.1, 0.15) is 6.42 Å². The fourth-order valence-corrected chi connectivity index (χ4v) is 2.62. The minimum absolute atomic E-state index is 0.307. The van der Waals surface area contributed by atoms with E-state index < -0.39 is 8.07 Å². The third kappa shape index (κ3) is 4.29. The fourth-order valence-electron chi connectivity index (χ4n) is 1.40. The van der Waals surface area contributed by atoms with Crippen molar-refractivity contribution in [1.29, 1.82) is 0 Å². The van der Waals surface area contributed by atoms with Crippen molar-refractivity contribution in [3.05, 3.63) is 33.1 Å². The predicted octanol–water partition coefficient (Wildman–Crippen LogP) is 1.26. The van der Waals surface area contributed by atoms with E-state index in [1.807, 2.05) is 0 Å². The lowest BCUT2D eigenvalue weighted by molar-refractivity contribution is 0.628. The van der Waals surface area contributed by atoms with Crippen LogP contribution in [-0.2, 0) is 6.54 Å².